The number of nitrogens with zero attached hydrogens (tertiary/aromatic N) is 6. The van der Waals surface area contributed by atoms with Crippen LogP contribution in [0.2, 0.25) is 0 Å². The van der Waals surface area contributed by atoms with Crippen LogP contribution in [0.1, 0.15) is 5.56 Å². The molecule has 0 spiro atoms. The normalized spacial score (nSPS) is 10.2. The zero-order valence-electron chi connectivity index (χ0n) is 10.1. The van der Waals surface area contributed by atoms with Gasteiger partial charge in [-0.2, -0.15) is 5.26 Å². The summed E-state index contributed by atoms with van der Waals surface area (Å²) in [7, 11) is 0. The van der Waals surface area contributed by atoms with Gasteiger partial charge in [0.2, 0.25) is 5.82 Å². The molecular formula is C13H7FN6. The lowest BCUT2D eigenvalue weighted by molar-refractivity contribution is 0.613. The Morgan fingerprint density at radius 1 is 1.20 bits per heavy atom. The van der Waals surface area contributed by atoms with E-state index in [2.05, 4.69) is 20.4 Å². The van der Waals surface area contributed by atoms with E-state index in [0.29, 0.717) is 22.6 Å². The van der Waals surface area contributed by atoms with Crippen molar-refractivity contribution in [3.05, 3.63) is 54.1 Å². The molecule has 3 rings (SSSR count). The quantitative estimate of drug-likeness (QED) is 0.705. The van der Waals surface area contributed by atoms with Gasteiger partial charge in [-0.15, -0.1) is 15.0 Å². The van der Waals surface area contributed by atoms with Crippen molar-refractivity contribution in [2.75, 3.05) is 0 Å². The Morgan fingerprint density at radius 2 is 2.10 bits per heavy atom. The summed E-state index contributed by atoms with van der Waals surface area (Å²) < 4.78 is 13.1. The summed E-state index contributed by atoms with van der Waals surface area (Å²) in [6.45, 7) is 0. The summed E-state index contributed by atoms with van der Waals surface area (Å²) in [6.07, 6.45) is 2.53. The summed E-state index contributed by atoms with van der Waals surface area (Å²) in [6, 6.07) is 10.1. The molecule has 2 aromatic heterocycles. The lowest BCUT2D eigenvalue weighted by Crippen LogP contribution is -2.00. The highest BCUT2D eigenvalue weighted by Crippen LogP contribution is 2.16. The molecule has 0 bridgehead atoms. The fraction of sp³-hybridized carbons (Fsp3) is 0. The fourth-order valence-electron chi connectivity index (χ4n) is 1.68. The van der Waals surface area contributed by atoms with Crippen molar-refractivity contribution in [3.63, 3.8) is 0 Å². The van der Waals surface area contributed by atoms with Crippen molar-refractivity contribution >= 4 is 0 Å². The molecule has 0 atom stereocenters. The average Bonchev–Trinajstić information content (AvgIpc) is 2.97. The van der Waals surface area contributed by atoms with Crippen LogP contribution < -0.4 is 0 Å². The zero-order valence-corrected chi connectivity index (χ0v) is 10.1. The first kappa shape index (κ1) is 11.9. The van der Waals surface area contributed by atoms with Crippen LogP contribution >= 0.6 is 0 Å². The minimum absolute atomic E-state index is 0.353. The van der Waals surface area contributed by atoms with Gasteiger partial charge in [-0.1, -0.05) is 12.1 Å². The Morgan fingerprint density at radius 3 is 2.90 bits per heavy atom. The summed E-state index contributed by atoms with van der Waals surface area (Å²) >= 11 is 0. The van der Waals surface area contributed by atoms with Crippen LogP contribution in [0.4, 0.5) is 4.39 Å². The second-order valence-corrected chi connectivity index (χ2v) is 3.96. The number of pyridine rings is 1. The van der Waals surface area contributed by atoms with Gasteiger partial charge in [-0.05, 0) is 17.3 Å². The molecule has 1 aromatic carbocycles. The van der Waals surface area contributed by atoms with Gasteiger partial charge in [0.1, 0.15) is 11.5 Å². The zero-order chi connectivity index (χ0) is 13.9. The lowest BCUT2D eigenvalue weighted by atomic mass is 10.1. The molecule has 2 heterocycles. The Kier molecular flexibility index (Phi) is 2.89. The molecular weight excluding hydrogens is 259 g/mol. The average molecular weight is 266 g/mol. The van der Waals surface area contributed by atoms with Gasteiger partial charge in [0.05, 0.1) is 24.0 Å². The molecule has 6 nitrogen and oxygen atoms in total. The Balaban J connectivity index is 2.00. The number of aromatic nitrogens is 5. The SMILES string of the molecule is N#Cc1cccc(-c2nnn(-c3cncc(F)c3)n2)c1. The molecule has 0 aliphatic heterocycles. The van der Waals surface area contributed by atoms with Crippen LogP contribution in [-0.2, 0) is 0 Å². The molecule has 0 aliphatic carbocycles. The smallest absolute Gasteiger partial charge is 0.205 e. The van der Waals surface area contributed by atoms with Crippen LogP contribution in [-0.4, -0.2) is 25.2 Å². The van der Waals surface area contributed by atoms with E-state index in [1.807, 2.05) is 6.07 Å². The number of nitriles is 1. The third kappa shape index (κ3) is 2.22. The Hall–Kier alpha value is -3.14. The first-order valence-corrected chi connectivity index (χ1v) is 5.68. The molecule has 7 heteroatoms. The molecule has 96 valence electrons. The van der Waals surface area contributed by atoms with Crippen LogP contribution in [0.25, 0.3) is 17.1 Å². The van der Waals surface area contributed by atoms with Crippen LogP contribution in [0, 0.1) is 17.1 Å². The van der Waals surface area contributed by atoms with Crippen LogP contribution in [0.15, 0.2) is 42.7 Å². The van der Waals surface area contributed by atoms with E-state index in [0.717, 1.165) is 6.20 Å². The number of benzene rings is 1. The molecule has 0 N–H and O–H groups in total. The van der Waals surface area contributed by atoms with Gasteiger partial charge >= 0.3 is 0 Å². The minimum Gasteiger partial charge on any atom is -0.259 e. The van der Waals surface area contributed by atoms with E-state index < -0.39 is 5.82 Å². The summed E-state index contributed by atoms with van der Waals surface area (Å²) in [4.78, 5) is 4.91. The van der Waals surface area contributed by atoms with Crippen molar-refractivity contribution in [1.29, 1.82) is 5.26 Å². The predicted molar refractivity (Wildman–Crippen MR) is 67.1 cm³/mol. The van der Waals surface area contributed by atoms with Gasteiger partial charge in [-0.25, -0.2) is 4.39 Å². The second kappa shape index (κ2) is 4.85. The number of hydrogen-bond acceptors (Lipinski definition) is 5. The largest absolute Gasteiger partial charge is 0.259 e. The highest BCUT2D eigenvalue weighted by atomic mass is 19.1. The molecule has 0 aliphatic rings. The van der Waals surface area contributed by atoms with E-state index in [-0.39, 0.29) is 0 Å². The number of rotatable bonds is 2. The molecule has 0 amide bonds. The maximum atomic E-state index is 13.1. The lowest BCUT2D eigenvalue weighted by Gasteiger charge is -1.97. The second-order valence-electron chi connectivity index (χ2n) is 3.96. The van der Waals surface area contributed by atoms with Gasteiger partial charge in [0, 0.05) is 11.6 Å². The van der Waals surface area contributed by atoms with E-state index in [1.165, 1.54) is 17.1 Å². The van der Waals surface area contributed by atoms with Gasteiger partial charge in [0.15, 0.2) is 0 Å². The fourth-order valence-corrected chi connectivity index (χ4v) is 1.68. The van der Waals surface area contributed by atoms with Crippen molar-refractivity contribution in [1.82, 2.24) is 25.2 Å². The van der Waals surface area contributed by atoms with E-state index in [4.69, 9.17) is 5.26 Å². The highest BCUT2D eigenvalue weighted by Gasteiger charge is 2.08. The third-order valence-corrected chi connectivity index (χ3v) is 2.58. The van der Waals surface area contributed by atoms with E-state index in [1.54, 1.807) is 24.3 Å². The molecule has 0 fully saturated rings. The van der Waals surface area contributed by atoms with Crippen LogP contribution in [0.3, 0.4) is 0 Å². The Bertz CT molecular complexity index is 804. The molecule has 0 saturated carbocycles. The Labute approximate surface area is 113 Å². The summed E-state index contributed by atoms with van der Waals surface area (Å²) in [5.41, 5.74) is 1.55. The topological polar surface area (TPSA) is 80.3 Å². The first-order valence-electron chi connectivity index (χ1n) is 5.68. The highest BCUT2D eigenvalue weighted by molar-refractivity contribution is 5.57. The van der Waals surface area contributed by atoms with Crippen LogP contribution in [0.5, 0.6) is 0 Å². The maximum absolute atomic E-state index is 13.1. The van der Waals surface area contributed by atoms with Gasteiger partial charge < -0.3 is 0 Å². The molecule has 0 unspecified atom stereocenters. The molecule has 20 heavy (non-hydrogen) atoms. The standard InChI is InChI=1S/C13H7FN6/c14-11-5-12(8-16-7-11)20-18-13(17-19-20)10-3-1-2-9(4-10)6-15/h1-5,7-8H. The monoisotopic (exact) mass is 266 g/mol. The van der Waals surface area contributed by atoms with Crippen molar-refractivity contribution in [2.45, 2.75) is 0 Å². The minimum atomic E-state index is -0.479. The van der Waals surface area contributed by atoms with E-state index in [9.17, 15) is 4.39 Å². The van der Waals surface area contributed by atoms with Crippen molar-refractivity contribution < 1.29 is 4.39 Å². The molecule has 0 radical (unpaired) electrons. The number of hydrogen-bond donors (Lipinski definition) is 0. The maximum Gasteiger partial charge on any atom is 0.205 e. The summed E-state index contributed by atoms with van der Waals surface area (Å²) in [5.74, 6) is -0.126. The van der Waals surface area contributed by atoms with Crippen molar-refractivity contribution in [3.8, 4) is 23.1 Å². The molecule has 0 saturated heterocycles. The predicted octanol–water partition coefficient (Wildman–Crippen LogP) is 1.74. The third-order valence-electron chi connectivity index (χ3n) is 2.58. The van der Waals surface area contributed by atoms with Gasteiger partial charge in [0.25, 0.3) is 0 Å². The van der Waals surface area contributed by atoms with Crippen molar-refractivity contribution in [2.24, 2.45) is 0 Å². The molecule has 3 aromatic rings. The van der Waals surface area contributed by atoms with E-state index >= 15 is 0 Å². The first-order chi connectivity index (χ1) is 9.76. The van der Waals surface area contributed by atoms with Gasteiger partial charge in [-0.3, -0.25) is 4.98 Å². The summed E-state index contributed by atoms with van der Waals surface area (Å²) in [5, 5.41) is 20.7. The number of halogens is 1. The number of tetrazole rings is 1.